The van der Waals surface area contributed by atoms with Gasteiger partial charge < -0.3 is 20.5 Å². The number of rotatable bonds is 6. The van der Waals surface area contributed by atoms with Gasteiger partial charge in [-0.3, -0.25) is 4.79 Å². The zero-order valence-corrected chi connectivity index (χ0v) is 19.8. The normalized spacial score (nSPS) is 12.9. The lowest BCUT2D eigenvalue weighted by Gasteiger charge is -2.17. The van der Waals surface area contributed by atoms with E-state index in [-0.39, 0.29) is 18.1 Å². The summed E-state index contributed by atoms with van der Waals surface area (Å²) in [6.07, 6.45) is -0.685. The van der Waals surface area contributed by atoms with Gasteiger partial charge in [0.05, 0.1) is 5.56 Å². The van der Waals surface area contributed by atoms with Crippen LogP contribution in [-0.4, -0.2) is 35.7 Å². The highest BCUT2D eigenvalue weighted by Crippen LogP contribution is 2.44. The van der Waals surface area contributed by atoms with Crippen molar-refractivity contribution in [2.45, 2.75) is 18.9 Å². The minimum atomic E-state index is -1.04. The van der Waals surface area contributed by atoms with E-state index in [0.29, 0.717) is 9.26 Å². The Morgan fingerprint density at radius 1 is 1.00 bits per heavy atom. The number of anilines is 1. The minimum absolute atomic E-state index is 0.0675. The van der Waals surface area contributed by atoms with Gasteiger partial charge in [-0.2, -0.15) is 0 Å². The van der Waals surface area contributed by atoms with Crippen LogP contribution in [0.3, 0.4) is 0 Å². The van der Waals surface area contributed by atoms with Gasteiger partial charge in [0, 0.05) is 15.2 Å². The highest BCUT2D eigenvalue weighted by molar-refractivity contribution is 14.1. The molecule has 0 fully saturated rings. The molecule has 0 saturated carbocycles. The number of carbonyl (C=O) groups excluding carboxylic acids is 2. The number of aromatic carboxylic acids is 1. The van der Waals surface area contributed by atoms with Gasteiger partial charge in [-0.1, -0.05) is 48.5 Å². The summed E-state index contributed by atoms with van der Waals surface area (Å²) in [5, 5.41) is 14.3. The summed E-state index contributed by atoms with van der Waals surface area (Å²) in [7, 11) is 0. The smallest absolute Gasteiger partial charge is 0.407 e. The van der Waals surface area contributed by atoms with Crippen molar-refractivity contribution in [3.63, 3.8) is 0 Å². The number of amides is 2. The first kappa shape index (κ1) is 22.8. The van der Waals surface area contributed by atoms with Crippen LogP contribution in [0.2, 0.25) is 0 Å². The molecule has 4 rings (SSSR count). The highest BCUT2D eigenvalue weighted by Gasteiger charge is 2.29. The quantitative estimate of drug-likeness (QED) is 0.377. The fourth-order valence-electron chi connectivity index (χ4n) is 3.90. The molecule has 3 aromatic rings. The predicted octanol–water partition coefficient (Wildman–Crippen LogP) is 4.86. The molecule has 0 heterocycles. The topological polar surface area (TPSA) is 105 Å². The largest absolute Gasteiger partial charge is 0.478 e. The van der Waals surface area contributed by atoms with Crippen LogP contribution in [0.25, 0.3) is 11.1 Å². The number of hydrogen-bond donors (Lipinski definition) is 3. The molecule has 0 radical (unpaired) electrons. The van der Waals surface area contributed by atoms with Crippen LogP contribution in [-0.2, 0) is 9.53 Å². The maximum atomic E-state index is 12.5. The summed E-state index contributed by atoms with van der Waals surface area (Å²) in [5.41, 5.74) is 5.08. The monoisotopic (exact) mass is 556 g/mol. The van der Waals surface area contributed by atoms with Crippen molar-refractivity contribution in [1.29, 1.82) is 0 Å². The van der Waals surface area contributed by atoms with Gasteiger partial charge in [-0.05, 0) is 70.0 Å². The lowest BCUT2D eigenvalue weighted by Crippen LogP contribution is -2.42. The van der Waals surface area contributed by atoms with E-state index in [1.165, 1.54) is 12.1 Å². The van der Waals surface area contributed by atoms with Crippen LogP contribution in [0.15, 0.2) is 66.7 Å². The number of carboxylic acids is 1. The highest BCUT2D eigenvalue weighted by atomic mass is 127. The number of ether oxygens (including phenoxy) is 1. The molecule has 1 unspecified atom stereocenters. The summed E-state index contributed by atoms with van der Waals surface area (Å²) in [6.45, 7) is 1.70. The summed E-state index contributed by atoms with van der Waals surface area (Å²) in [4.78, 5) is 36.0. The second kappa shape index (κ2) is 9.62. The standard InChI is InChI=1S/C25H21IN2O5/c1-14(23(29)28-15-10-11-20(24(30)31)22(26)12-15)27-25(32)33-13-21-18-8-4-2-6-16(18)17-7-3-5-9-19(17)21/h2-12,14,21H,13H2,1H3,(H,27,32)(H,28,29)(H,30,31). The van der Waals surface area contributed by atoms with Gasteiger partial charge in [0.25, 0.3) is 0 Å². The van der Waals surface area contributed by atoms with Gasteiger partial charge >= 0.3 is 12.1 Å². The Morgan fingerprint density at radius 3 is 2.18 bits per heavy atom. The molecule has 1 aliphatic rings. The molecule has 168 valence electrons. The van der Waals surface area contributed by atoms with Crippen molar-refractivity contribution in [3.8, 4) is 11.1 Å². The zero-order chi connectivity index (χ0) is 23.5. The maximum absolute atomic E-state index is 12.5. The first-order chi connectivity index (χ1) is 15.8. The summed E-state index contributed by atoms with van der Waals surface area (Å²) >= 11 is 1.89. The lowest BCUT2D eigenvalue weighted by atomic mass is 9.98. The molecule has 1 atom stereocenters. The number of hydrogen-bond acceptors (Lipinski definition) is 4. The summed E-state index contributed by atoms with van der Waals surface area (Å²) in [5.74, 6) is -1.55. The van der Waals surface area contributed by atoms with E-state index in [1.54, 1.807) is 13.0 Å². The number of fused-ring (bicyclic) bond motifs is 3. The van der Waals surface area contributed by atoms with Crippen molar-refractivity contribution in [1.82, 2.24) is 5.32 Å². The number of alkyl carbamates (subject to hydrolysis) is 1. The van der Waals surface area contributed by atoms with E-state index >= 15 is 0 Å². The third kappa shape index (κ3) is 4.85. The number of carbonyl (C=O) groups is 3. The molecule has 2 amide bonds. The predicted molar refractivity (Wildman–Crippen MR) is 132 cm³/mol. The Labute approximate surface area is 204 Å². The van der Waals surface area contributed by atoms with Gasteiger partial charge in [0.15, 0.2) is 0 Å². The van der Waals surface area contributed by atoms with Crippen molar-refractivity contribution in [2.24, 2.45) is 0 Å². The second-order valence-corrected chi connectivity index (χ2v) is 8.84. The summed E-state index contributed by atoms with van der Waals surface area (Å²) < 4.78 is 5.97. The van der Waals surface area contributed by atoms with Gasteiger partial charge in [0.1, 0.15) is 12.6 Å². The molecule has 0 saturated heterocycles. The Bertz CT molecular complexity index is 1200. The molecule has 0 aromatic heterocycles. The summed E-state index contributed by atoms with van der Waals surface area (Å²) in [6, 6.07) is 19.7. The molecule has 7 nitrogen and oxygen atoms in total. The van der Waals surface area contributed by atoms with Crippen LogP contribution in [0.1, 0.15) is 34.3 Å². The van der Waals surface area contributed by atoms with E-state index in [2.05, 4.69) is 22.8 Å². The van der Waals surface area contributed by atoms with Crippen LogP contribution in [0, 0.1) is 3.57 Å². The van der Waals surface area contributed by atoms with E-state index < -0.39 is 24.0 Å². The number of halogens is 1. The van der Waals surface area contributed by atoms with Gasteiger partial charge in [-0.15, -0.1) is 0 Å². The third-order valence-corrected chi connectivity index (χ3v) is 6.43. The molecule has 33 heavy (non-hydrogen) atoms. The van der Waals surface area contributed by atoms with E-state index in [0.717, 1.165) is 22.3 Å². The average molecular weight is 556 g/mol. The fourth-order valence-corrected chi connectivity index (χ4v) is 4.65. The molecule has 3 aromatic carbocycles. The van der Waals surface area contributed by atoms with E-state index in [1.807, 2.05) is 59.0 Å². The Kier molecular flexibility index (Phi) is 6.64. The Morgan fingerprint density at radius 2 is 1.61 bits per heavy atom. The lowest BCUT2D eigenvalue weighted by molar-refractivity contribution is -0.117. The van der Waals surface area contributed by atoms with Crippen LogP contribution < -0.4 is 10.6 Å². The molecule has 1 aliphatic carbocycles. The molecular formula is C25H21IN2O5. The zero-order valence-electron chi connectivity index (χ0n) is 17.7. The van der Waals surface area contributed by atoms with Crippen LogP contribution >= 0.6 is 22.6 Å². The SMILES string of the molecule is CC(NC(=O)OCC1c2ccccc2-c2ccccc21)C(=O)Nc1ccc(C(=O)O)c(I)c1. The number of carboxylic acid groups (broad SMARTS) is 1. The van der Waals surface area contributed by atoms with E-state index in [9.17, 15) is 14.4 Å². The number of nitrogens with one attached hydrogen (secondary N) is 2. The fraction of sp³-hybridized carbons (Fsp3) is 0.160. The first-order valence-electron chi connectivity index (χ1n) is 10.3. The molecular weight excluding hydrogens is 535 g/mol. The molecule has 8 heteroatoms. The van der Waals surface area contributed by atoms with Crippen molar-refractivity contribution < 1.29 is 24.2 Å². The Hall–Kier alpha value is -3.40. The average Bonchev–Trinajstić information content (AvgIpc) is 3.11. The first-order valence-corrected chi connectivity index (χ1v) is 11.4. The molecule has 0 spiro atoms. The van der Waals surface area contributed by atoms with Gasteiger partial charge in [-0.25, -0.2) is 9.59 Å². The van der Waals surface area contributed by atoms with Crippen molar-refractivity contribution >= 4 is 46.2 Å². The van der Waals surface area contributed by atoms with Crippen molar-refractivity contribution in [2.75, 3.05) is 11.9 Å². The minimum Gasteiger partial charge on any atom is -0.478 e. The van der Waals surface area contributed by atoms with Gasteiger partial charge in [0.2, 0.25) is 5.91 Å². The third-order valence-electron chi connectivity index (χ3n) is 5.54. The maximum Gasteiger partial charge on any atom is 0.407 e. The van der Waals surface area contributed by atoms with Crippen LogP contribution in [0.4, 0.5) is 10.5 Å². The number of benzene rings is 3. The molecule has 0 bridgehead atoms. The Balaban J connectivity index is 1.35. The van der Waals surface area contributed by atoms with E-state index in [4.69, 9.17) is 9.84 Å². The van der Waals surface area contributed by atoms with Crippen molar-refractivity contribution in [3.05, 3.63) is 87.0 Å². The second-order valence-electron chi connectivity index (χ2n) is 7.68. The van der Waals surface area contributed by atoms with Crippen LogP contribution in [0.5, 0.6) is 0 Å². The molecule has 0 aliphatic heterocycles. The molecule has 3 N–H and O–H groups in total.